The van der Waals surface area contributed by atoms with Gasteiger partial charge in [0.2, 0.25) is 0 Å². The number of aliphatic carboxylic acids is 1. The molecule has 0 aromatic rings. The van der Waals surface area contributed by atoms with Crippen LogP contribution in [0, 0.1) is 11.8 Å². The van der Waals surface area contributed by atoms with Crippen LogP contribution < -0.4 is 5.32 Å². The first-order valence-corrected chi connectivity index (χ1v) is 7.28. The molecule has 5 atom stereocenters. The van der Waals surface area contributed by atoms with Crippen molar-refractivity contribution >= 4 is 23.7 Å². The van der Waals surface area contributed by atoms with Crippen molar-refractivity contribution in [1.29, 1.82) is 0 Å². The van der Waals surface area contributed by atoms with Gasteiger partial charge in [-0.15, -0.1) is 11.6 Å². The first-order chi connectivity index (χ1) is 9.97. The predicted octanol–water partition coefficient (Wildman–Crippen LogP) is 1.07. The number of fused-ring (bicyclic) bond motifs is 3. The van der Waals surface area contributed by atoms with Crippen LogP contribution >= 0.6 is 11.6 Å². The first-order valence-electron chi connectivity index (χ1n) is 6.74. The number of hydrogen-bond donors (Lipinski definition) is 2. The monoisotopic (exact) mass is 317 g/mol. The van der Waals surface area contributed by atoms with Crippen molar-refractivity contribution in [2.75, 3.05) is 12.4 Å². The van der Waals surface area contributed by atoms with Gasteiger partial charge in [-0.05, 0) is 13.3 Å². The first kappa shape index (κ1) is 14.5. The minimum Gasteiger partial charge on any atom is -0.478 e. The molecule has 0 spiro atoms. The van der Waals surface area contributed by atoms with Gasteiger partial charge in [-0.1, -0.05) is 0 Å². The van der Waals surface area contributed by atoms with Crippen LogP contribution in [0.15, 0.2) is 11.8 Å². The third kappa shape index (κ3) is 2.34. The van der Waals surface area contributed by atoms with Gasteiger partial charge in [-0.3, -0.25) is 0 Å². The van der Waals surface area contributed by atoms with Crippen LogP contribution in [0.1, 0.15) is 13.3 Å². The van der Waals surface area contributed by atoms with Crippen LogP contribution in [0.4, 0.5) is 4.79 Å². The molecule has 2 heterocycles. The highest BCUT2D eigenvalue weighted by Gasteiger charge is 2.70. The van der Waals surface area contributed by atoms with Crippen molar-refractivity contribution in [2.45, 2.75) is 31.3 Å². The molecule has 7 nitrogen and oxygen atoms in total. The Hall–Kier alpha value is -1.47. The number of carbonyl (C=O) groups excluding carboxylic acids is 1. The summed E-state index contributed by atoms with van der Waals surface area (Å²) in [6.07, 6.45) is 0.280. The number of alkyl halides is 1. The van der Waals surface area contributed by atoms with Crippen molar-refractivity contribution in [2.24, 2.45) is 11.8 Å². The second-order valence-electron chi connectivity index (χ2n) is 5.56. The summed E-state index contributed by atoms with van der Waals surface area (Å²) in [7, 11) is 0. The van der Waals surface area contributed by atoms with Gasteiger partial charge in [-0.2, -0.15) is 0 Å². The van der Waals surface area contributed by atoms with E-state index in [-0.39, 0.29) is 35.9 Å². The van der Waals surface area contributed by atoms with E-state index in [1.807, 2.05) is 6.92 Å². The molecule has 1 aliphatic carbocycles. The number of alkyl carbamates (subject to hydrolysis) is 1. The van der Waals surface area contributed by atoms with Crippen molar-refractivity contribution in [1.82, 2.24) is 5.32 Å². The number of amides is 1. The van der Waals surface area contributed by atoms with Crippen molar-refractivity contribution in [3.05, 3.63) is 11.8 Å². The smallest absolute Gasteiger partial charge is 0.410 e. The van der Waals surface area contributed by atoms with E-state index in [9.17, 15) is 14.7 Å². The molecule has 1 amide bonds. The normalized spacial score (nSPS) is 39.4. The van der Waals surface area contributed by atoms with Crippen LogP contribution in [0.5, 0.6) is 0 Å². The van der Waals surface area contributed by atoms with E-state index in [2.05, 4.69) is 5.32 Å². The van der Waals surface area contributed by atoms with Crippen molar-refractivity contribution < 1.29 is 28.9 Å². The van der Waals surface area contributed by atoms with E-state index in [0.29, 0.717) is 6.42 Å². The Bertz CT molecular complexity index is 509. The van der Waals surface area contributed by atoms with Crippen LogP contribution in [0.3, 0.4) is 0 Å². The van der Waals surface area contributed by atoms with E-state index in [1.54, 1.807) is 0 Å². The largest absolute Gasteiger partial charge is 0.478 e. The Kier molecular flexibility index (Phi) is 3.49. The summed E-state index contributed by atoms with van der Waals surface area (Å²) in [4.78, 5) is 22.9. The molecule has 0 aromatic carbocycles. The molecule has 3 rings (SSSR count). The van der Waals surface area contributed by atoms with E-state index < -0.39 is 24.0 Å². The quantitative estimate of drug-likeness (QED) is 0.594. The molecule has 116 valence electrons. The third-order valence-corrected chi connectivity index (χ3v) is 4.59. The molecule has 0 bridgehead atoms. The molecule has 8 heteroatoms. The lowest BCUT2D eigenvalue weighted by Crippen LogP contribution is -2.44. The van der Waals surface area contributed by atoms with E-state index in [4.69, 9.17) is 25.8 Å². The van der Waals surface area contributed by atoms with Crippen molar-refractivity contribution in [3.8, 4) is 0 Å². The van der Waals surface area contributed by atoms with Gasteiger partial charge in [0, 0.05) is 18.3 Å². The maximum atomic E-state index is 11.6. The maximum absolute atomic E-state index is 11.6. The number of hydrogen-bond acceptors (Lipinski definition) is 5. The second kappa shape index (κ2) is 5.06. The zero-order chi connectivity index (χ0) is 15.2. The number of carbonyl (C=O) groups is 2. The number of carboxylic acids is 1. The third-order valence-electron chi connectivity index (χ3n) is 4.40. The standard InChI is InChI=1S/C13H16ClNO6/c1-13-8(21-13)4-6-7(10(16)17)5-19-11(9(6)13)20-12(18)15-3-2-14/h5-6,8-9,11H,2-4H2,1H3,(H,15,18)(H,16,17). The van der Waals surface area contributed by atoms with Crippen LogP contribution in [0.2, 0.25) is 0 Å². The lowest BCUT2D eigenvalue weighted by molar-refractivity contribution is -0.148. The van der Waals surface area contributed by atoms with Gasteiger partial charge < -0.3 is 24.6 Å². The summed E-state index contributed by atoms with van der Waals surface area (Å²) < 4.78 is 16.2. The molecule has 2 aliphatic heterocycles. The van der Waals surface area contributed by atoms with Gasteiger partial charge in [0.1, 0.15) is 5.60 Å². The Labute approximate surface area is 126 Å². The molecule has 0 radical (unpaired) electrons. The minimum atomic E-state index is -1.01. The Morgan fingerprint density at radius 3 is 3.05 bits per heavy atom. The average molecular weight is 318 g/mol. The zero-order valence-electron chi connectivity index (χ0n) is 11.4. The Morgan fingerprint density at radius 2 is 2.38 bits per heavy atom. The highest BCUT2D eigenvalue weighted by molar-refractivity contribution is 6.18. The second-order valence-corrected chi connectivity index (χ2v) is 5.94. The van der Waals surface area contributed by atoms with Crippen LogP contribution in [0.25, 0.3) is 0 Å². The molecule has 0 aromatic heterocycles. The number of ether oxygens (including phenoxy) is 3. The molecule has 1 saturated carbocycles. The summed E-state index contributed by atoms with van der Waals surface area (Å²) in [5.41, 5.74) is -0.283. The SMILES string of the molecule is CC12OC1CC1C(C(=O)O)=COC(OC(=O)NCCCl)C12. The van der Waals surface area contributed by atoms with Crippen LogP contribution in [-0.2, 0) is 19.0 Å². The molecular formula is C13H16ClNO6. The molecule has 2 N–H and O–H groups in total. The van der Waals surface area contributed by atoms with E-state index in [1.165, 1.54) is 6.26 Å². The summed E-state index contributed by atoms with van der Waals surface area (Å²) in [6, 6.07) is 0. The number of nitrogens with one attached hydrogen (secondary N) is 1. The number of rotatable bonds is 4. The van der Waals surface area contributed by atoms with Gasteiger partial charge in [0.25, 0.3) is 6.29 Å². The van der Waals surface area contributed by atoms with Crippen LogP contribution in [-0.4, -0.2) is 47.6 Å². The van der Waals surface area contributed by atoms with Crippen molar-refractivity contribution in [3.63, 3.8) is 0 Å². The average Bonchev–Trinajstić information content (AvgIpc) is 2.98. The summed E-state index contributed by atoms with van der Waals surface area (Å²) >= 11 is 5.49. The summed E-state index contributed by atoms with van der Waals surface area (Å²) in [5, 5.41) is 11.7. The number of epoxide rings is 1. The van der Waals surface area contributed by atoms with Gasteiger partial charge in [0.05, 0.1) is 23.9 Å². The molecular weight excluding hydrogens is 302 g/mol. The summed E-state index contributed by atoms with van der Waals surface area (Å²) in [6.45, 7) is 2.18. The Morgan fingerprint density at radius 1 is 1.62 bits per heavy atom. The lowest BCUT2D eigenvalue weighted by Gasteiger charge is -2.35. The fraction of sp³-hybridized carbons (Fsp3) is 0.692. The minimum absolute atomic E-state index is 0.00560. The molecule has 1 saturated heterocycles. The molecule has 5 unspecified atom stereocenters. The van der Waals surface area contributed by atoms with E-state index >= 15 is 0 Å². The highest BCUT2D eigenvalue weighted by atomic mass is 35.5. The Balaban J connectivity index is 1.76. The molecule has 3 aliphatic rings. The summed E-state index contributed by atoms with van der Waals surface area (Å²) in [5.74, 6) is -1.29. The fourth-order valence-corrected chi connectivity index (χ4v) is 3.42. The van der Waals surface area contributed by atoms with E-state index in [0.717, 1.165) is 0 Å². The molecule has 21 heavy (non-hydrogen) atoms. The topological polar surface area (TPSA) is 97.4 Å². The highest BCUT2D eigenvalue weighted by Crippen LogP contribution is 2.60. The predicted molar refractivity (Wildman–Crippen MR) is 70.7 cm³/mol. The maximum Gasteiger partial charge on any atom is 0.410 e. The lowest BCUT2D eigenvalue weighted by atomic mass is 9.82. The molecule has 2 fully saturated rings. The fourth-order valence-electron chi connectivity index (χ4n) is 3.32. The number of halogens is 1. The van der Waals surface area contributed by atoms with Gasteiger partial charge in [0.15, 0.2) is 0 Å². The number of carboxylic acid groups (broad SMARTS) is 1. The zero-order valence-corrected chi connectivity index (χ0v) is 12.1. The van der Waals surface area contributed by atoms with Gasteiger partial charge >= 0.3 is 12.1 Å². The van der Waals surface area contributed by atoms with Gasteiger partial charge in [-0.25, -0.2) is 9.59 Å².